The molecule has 0 saturated heterocycles. The monoisotopic (exact) mass is 422 g/mol. The van der Waals surface area contributed by atoms with E-state index in [4.69, 9.17) is 16.3 Å². The quantitative estimate of drug-likeness (QED) is 0.774. The summed E-state index contributed by atoms with van der Waals surface area (Å²) >= 11 is 6.22. The standard InChI is InChI=1S/C20H23ClN2O4S/c1-14(2)22-20(24)13-27-19-10-9-16(12-17(19)21)28(25,26)23-11-5-7-15-6-3-4-8-18(15)23/h3-4,6,8-10,12,14H,5,7,11,13H2,1-2H3,(H,22,24). The number of halogens is 1. The van der Waals surface area contributed by atoms with Crippen LogP contribution in [0.2, 0.25) is 5.02 Å². The Labute approximate surface area is 170 Å². The second-order valence-corrected chi connectivity index (χ2v) is 9.18. The van der Waals surface area contributed by atoms with Crippen LogP contribution in [0.25, 0.3) is 0 Å². The van der Waals surface area contributed by atoms with Crippen molar-refractivity contribution in [3.8, 4) is 5.75 Å². The molecule has 0 atom stereocenters. The minimum Gasteiger partial charge on any atom is -0.482 e. The van der Waals surface area contributed by atoms with E-state index in [1.165, 1.54) is 22.5 Å². The first-order valence-corrected chi connectivity index (χ1v) is 10.9. The highest BCUT2D eigenvalue weighted by molar-refractivity contribution is 7.92. The molecule has 1 heterocycles. The van der Waals surface area contributed by atoms with E-state index in [1.54, 1.807) is 0 Å². The Hall–Kier alpha value is -2.25. The minimum atomic E-state index is -3.75. The molecule has 2 aromatic carbocycles. The Balaban J connectivity index is 1.81. The van der Waals surface area contributed by atoms with Crippen molar-refractivity contribution in [1.82, 2.24) is 5.32 Å². The molecule has 1 aliphatic rings. The Morgan fingerprint density at radius 3 is 2.71 bits per heavy atom. The van der Waals surface area contributed by atoms with Crippen molar-refractivity contribution in [2.24, 2.45) is 0 Å². The van der Waals surface area contributed by atoms with Gasteiger partial charge in [0.1, 0.15) is 5.75 Å². The number of aryl methyl sites for hydroxylation is 1. The predicted octanol–water partition coefficient (Wildman–Crippen LogP) is 3.38. The fourth-order valence-corrected chi connectivity index (χ4v) is 5.01. The number of para-hydroxylation sites is 1. The molecule has 0 radical (unpaired) electrons. The lowest BCUT2D eigenvalue weighted by Gasteiger charge is -2.30. The number of sulfonamides is 1. The Morgan fingerprint density at radius 1 is 1.25 bits per heavy atom. The summed E-state index contributed by atoms with van der Waals surface area (Å²) in [4.78, 5) is 11.8. The van der Waals surface area contributed by atoms with Gasteiger partial charge in [-0.05, 0) is 56.5 Å². The average molecular weight is 423 g/mol. The Morgan fingerprint density at radius 2 is 2.00 bits per heavy atom. The zero-order valence-electron chi connectivity index (χ0n) is 15.8. The molecule has 28 heavy (non-hydrogen) atoms. The molecule has 8 heteroatoms. The molecule has 0 fully saturated rings. The van der Waals surface area contributed by atoms with Gasteiger partial charge in [-0.1, -0.05) is 29.8 Å². The number of nitrogens with zero attached hydrogens (tertiary/aromatic N) is 1. The van der Waals surface area contributed by atoms with Gasteiger partial charge in [-0.25, -0.2) is 8.42 Å². The van der Waals surface area contributed by atoms with E-state index in [0.717, 1.165) is 18.4 Å². The lowest BCUT2D eigenvalue weighted by molar-refractivity contribution is -0.123. The lowest BCUT2D eigenvalue weighted by Crippen LogP contribution is -2.35. The molecule has 0 saturated carbocycles. The summed E-state index contributed by atoms with van der Waals surface area (Å²) in [5, 5.41) is 2.85. The van der Waals surface area contributed by atoms with Crippen molar-refractivity contribution < 1.29 is 17.9 Å². The lowest BCUT2D eigenvalue weighted by atomic mass is 10.0. The number of benzene rings is 2. The molecule has 1 amide bonds. The van der Waals surface area contributed by atoms with E-state index in [1.807, 2.05) is 38.1 Å². The van der Waals surface area contributed by atoms with Crippen LogP contribution in [0.3, 0.4) is 0 Å². The first-order chi connectivity index (χ1) is 13.3. The number of hydrogen-bond acceptors (Lipinski definition) is 4. The third-order valence-corrected chi connectivity index (χ3v) is 6.47. The number of carbonyl (C=O) groups excluding carboxylic acids is 1. The molecule has 0 aliphatic carbocycles. The van der Waals surface area contributed by atoms with Crippen molar-refractivity contribution in [3.05, 3.63) is 53.1 Å². The summed E-state index contributed by atoms with van der Waals surface area (Å²) in [6.45, 7) is 3.93. The van der Waals surface area contributed by atoms with Gasteiger partial charge in [-0.15, -0.1) is 0 Å². The number of ether oxygens (including phenoxy) is 1. The van der Waals surface area contributed by atoms with Gasteiger partial charge in [0.15, 0.2) is 6.61 Å². The predicted molar refractivity (Wildman–Crippen MR) is 110 cm³/mol. The van der Waals surface area contributed by atoms with Crippen LogP contribution < -0.4 is 14.4 Å². The van der Waals surface area contributed by atoms with Crippen molar-refractivity contribution in [2.75, 3.05) is 17.5 Å². The number of rotatable bonds is 6. The van der Waals surface area contributed by atoms with E-state index in [-0.39, 0.29) is 34.2 Å². The molecule has 150 valence electrons. The zero-order chi connectivity index (χ0) is 20.3. The highest BCUT2D eigenvalue weighted by Gasteiger charge is 2.29. The molecule has 1 aliphatic heterocycles. The average Bonchev–Trinajstić information content (AvgIpc) is 2.66. The Bertz CT molecular complexity index is 976. The van der Waals surface area contributed by atoms with Gasteiger partial charge in [0.25, 0.3) is 15.9 Å². The smallest absolute Gasteiger partial charge is 0.264 e. The van der Waals surface area contributed by atoms with E-state index in [2.05, 4.69) is 5.32 Å². The van der Waals surface area contributed by atoms with Crippen LogP contribution in [0.5, 0.6) is 5.75 Å². The second kappa shape index (κ2) is 8.41. The van der Waals surface area contributed by atoms with E-state index < -0.39 is 10.0 Å². The molecule has 0 aromatic heterocycles. The largest absolute Gasteiger partial charge is 0.482 e. The highest BCUT2D eigenvalue weighted by Crippen LogP contribution is 2.34. The molecule has 2 aromatic rings. The van der Waals surface area contributed by atoms with Crippen LogP contribution >= 0.6 is 11.6 Å². The summed E-state index contributed by atoms with van der Waals surface area (Å²) in [5.41, 5.74) is 1.72. The van der Waals surface area contributed by atoms with Gasteiger partial charge in [0.05, 0.1) is 15.6 Å². The molecule has 6 nitrogen and oxygen atoms in total. The van der Waals surface area contributed by atoms with Gasteiger partial charge < -0.3 is 10.1 Å². The van der Waals surface area contributed by atoms with E-state index in [0.29, 0.717) is 12.2 Å². The first-order valence-electron chi connectivity index (χ1n) is 9.11. The third-order valence-electron chi connectivity index (χ3n) is 4.37. The number of anilines is 1. The normalized spacial score (nSPS) is 13.9. The number of carbonyl (C=O) groups is 1. The van der Waals surface area contributed by atoms with Crippen LogP contribution in [0.4, 0.5) is 5.69 Å². The summed E-state index contributed by atoms with van der Waals surface area (Å²) in [5.74, 6) is -0.00810. The SMILES string of the molecule is CC(C)NC(=O)COc1ccc(S(=O)(=O)N2CCCc3ccccc32)cc1Cl. The second-order valence-electron chi connectivity index (χ2n) is 6.91. The maximum atomic E-state index is 13.2. The van der Waals surface area contributed by atoms with E-state index >= 15 is 0 Å². The van der Waals surface area contributed by atoms with Gasteiger partial charge in [0, 0.05) is 12.6 Å². The molecule has 0 bridgehead atoms. The number of hydrogen-bond donors (Lipinski definition) is 1. The Kier molecular flexibility index (Phi) is 6.15. The third kappa shape index (κ3) is 4.42. The zero-order valence-corrected chi connectivity index (χ0v) is 17.4. The van der Waals surface area contributed by atoms with E-state index in [9.17, 15) is 13.2 Å². The molecule has 1 N–H and O–H groups in total. The van der Waals surface area contributed by atoms with Gasteiger partial charge in [0.2, 0.25) is 0 Å². The maximum absolute atomic E-state index is 13.2. The summed E-state index contributed by atoms with van der Waals surface area (Å²) in [6.07, 6.45) is 1.62. The maximum Gasteiger partial charge on any atom is 0.264 e. The van der Waals surface area contributed by atoms with Crippen molar-refractivity contribution in [1.29, 1.82) is 0 Å². The van der Waals surface area contributed by atoms with Gasteiger partial charge >= 0.3 is 0 Å². The topological polar surface area (TPSA) is 75.7 Å². The van der Waals surface area contributed by atoms with Crippen molar-refractivity contribution >= 4 is 33.2 Å². The van der Waals surface area contributed by atoms with Crippen molar-refractivity contribution in [3.63, 3.8) is 0 Å². The van der Waals surface area contributed by atoms with Crippen LogP contribution in [0.1, 0.15) is 25.8 Å². The summed E-state index contributed by atoms with van der Waals surface area (Å²) in [6, 6.07) is 11.8. The molecular weight excluding hydrogens is 400 g/mol. The summed E-state index contributed by atoms with van der Waals surface area (Å²) < 4.78 is 33.2. The molecule has 0 spiro atoms. The van der Waals surface area contributed by atoms with Crippen molar-refractivity contribution in [2.45, 2.75) is 37.6 Å². The minimum absolute atomic E-state index is 0.00603. The number of amides is 1. The fraction of sp³-hybridized carbons (Fsp3) is 0.350. The van der Waals surface area contributed by atoms with Gasteiger partial charge in [-0.2, -0.15) is 0 Å². The summed E-state index contributed by atoms with van der Waals surface area (Å²) in [7, 11) is -3.75. The number of nitrogens with one attached hydrogen (secondary N) is 1. The number of fused-ring (bicyclic) bond motifs is 1. The highest BCUT2D eigenvalue weighted by atomic mass is 35.5. The first kappa shape index (κ1) is 20.5. The molecule has 3 rings (SSSR count). The van der Waals surface area contributed by atoms with Crippen LogP contribution in [0, 0.1) is 0 Å². The van der Waals surface area contributed by atoms with Crippen LogP contribution in [-0.4, -0.2) is 33.5 Å². The molecule has 0 unspecified atom stereocenters. The van der Waals surface area contributed by atoms with Crippen LogP contribution in [0.15, 0.2) is 47.4 Å². The fourth-order valence-electron chi connectivity index (χ4n) is 3.14. The van der Waals surface area contributed by atoms with Crippen LogP contribution in [-0.2, 0) is 21.2 Å². The molecular formula is C20H23ClN2O4S. The van der Waals surface area contributed by atoms with Gasteiger partial charge in [-0.3, -0.25) is 9.10 Å².